The summed E-state index contributed by atoms with van der Waals surface area (Å²) in [5.41, 5.74) is -0.453. The fraction of sp³-hybridized carbons (Fsp3) is 0.500. The first-order valence-electron chi connectivity index (χ1n) is 9.99. The average Bonchev–Trinajstić information content (AvgIpc) is 3.52. The molecule has 1 aliphatic carbocycles. The van der Waals surface area contributed by atoms with Gasteiger partial charge in [-0.05, 0) is 49.3 Å². The number of hydrogen-bond acceptors (Lipinski definition) is 5. The van der Waals surface area contributed by atoms with E-state index in [9.17, 15) is 22.4 Å². The van der Waals surface area contributed by atoms with Crippen LogP contribution >= 0.6 is 0 Å². The molecule has 0 amide bonds. The minimum atomic E-state index is -3.64. The Morgan fingerprint density at radius 2 is 2.07 bits per heavy atom. The van der Waals surface area contributed by atoms with Gasteiger partial charge in [-0.25, -0.2) is 22.3 Å². The Hall–Kier alpha value is -2.46. The van der Waals surface area contributed by atoms with Gasteiger partial charge in [0.25, 0.3) is 5.56 Å². The molecule has 1 saturated carbocycles. The Labute approximate surface area is 174 Å². The lowest BCUT2D eigenvalue weighted by Crippen LogP contribution is -2.32. The second-order valence-electron chi connectivity index (χ2n) is 7.50. The van der Waals surface area contributed by atoms with E-state index in [0.29, 0.717) is 24.5 Å². The summed E-state index contributed by atoms with van der Waals surface area (Å²) < 4.78 is 48.5. The van der Waals surface area contributed by atoms with Crippen LogP contribution < -0.4 is 20.7 Å². The van der Waals surface area contributed by atoms with E-state index in [-0.39, 0.29) is 24.5 Å². The maximum atomic E-state index is 14.0. The Bertz CT molecular complexity index is 1090. The number of aromatic amines is 1. The van der Waals surface area contributed by atoms with Crippen molar-refractivity contribution in [1.29, 1.82) is 0 Å². The van der Waals surface area contributed by atoms with Gasteiger partial charge in [0.2, 0.25) is 10.0 Å². The summed E-state index contributed by atoms with van der Waals surface area (Å²) in [7, 11) is -3.64. The summed E-state index contributed by atoms with van der Waals surface area (Å²) in [4.78, 5) is 24.9. The number of halogens is 1. The molecule has 3 rings (SSSR count). The fourth-order valence-electron chi connectivity index (χ4n) is 3.05. The predicted molar refractivity (Wildman–Crippen MR) is 111 cm³/mol. The molecular weight excluding hydrogens is 413 g/mol. The van der Waals surface area contributed by atoms with Crippen molar-refractivity contribution in [2.24, 2.45) is 5.92 Å². The van der Waals surface area contributed by atoms with Gasteiger partial charge in [0.15, 0.2) is 11.6 Å². The number of nitrogens with zero attached hydrogens (tertiary/aromatic N) is 1. The number of rotatable bonds is 11. The largest absolute Gasteiger partial charge is 0.490 e. The number of H-pyrrole nitrogens is 1. The smallest absolute Gasteiger partial charge is 0.328 e. The lowest BCUT2D eigenvalue weighted by molar-refractivity contribution is 0.284. The highest BCUT2D eigenvalue weighted by atomic mass is 32.2. The van der Waals surface area contributed by atoms with Crippen LogP contribution in [0.2, 0.25) is 0 Å². The zero-order valence-electron chi connectivity index (χ0n) is 16.8. The van der Waals surface area contributed by atoms with Crippen LogP contribution in [0, 0.1) is 11.7 Å². The van der Waals surface area contributed by atoms with E-state index >= 15 is 0 Å². The normalized spacial score (nSPS) is 15.1. The number of aromatic nitrogens is 2. The Morgan fingerprint density at radius 1 is 1.30 bits per heavy atom. The van der Waals surface area contributed by atoms with E-state index in [1.807, 2.05) is 6.92 Å². The van der Waals surface area contributed by atoms with Crippen LogP contribution in [0.1, 0.15) is 44.2 Å². The van der Waals surface area contributed by atoms with Crippen molar-refractivity contribution < 1.29 is 17.5 Å². The molecule has 0 radical (unpaired) electrons. The standard InChI is InChI=1S/C20H26FN3O5S/c1-2-17(15-6-7-16(21)18(12-15)29-13-14-4-5-14)23-30(27,28)11-3-9-24-10-8-19(25)22-20(24)26/h6-8,10,12,14,17,23H,2-5,9,11,13H2,1H3,(H,22,25,26)/t17-/m1/s1. The predicted octanol–water partition coefficient (Wildman–Crippen LogP) is 1.93. The van der Waals surface area contributed by atoms with Gasteiger partial charge in [-0.2, -0.15) is 0 Å². The summed E-state index contributed by atoms with van der Waals surface area (Å²) in [5.74, 6) is -0.0529. The van der Waals surface area contributed by atoms with Crippen molar-refractivity contribution in [3.8, 4) is 5.75 Å². The number of ether oxygens (including phenoxy) is 1. The van der Waals surface area contributed by atoms with Gasteiger partial charge in [-0.15, -0.1) is 0 Å². The molecule has 2 aromatic rings. The highest BCUT2D eigenvalue weighted by Crippen LogP contribution is 2.31. The number of benzene rings is 1. The molecule has 0 aliphatic heterocycles. The third-order valence-electron chi connectivity index (χ3n) is 4.97. The van der Waals surface area contributed by atoms with Crippen molar-refractivity contribution in [2.45, 2.75) is 45.2 Å². The molecular formula is C20H26FN3O5S. The van der Waals surface area contributed by atoms with E-state index in [2.05, 4.69) is 9.71 Å². The van der Waals surface area contributed by atoms with Crippen LogP contribution in [0.3, 0.4) is 0 Å². The van der Waals surface area contributed by atoms with Crippen LogP contribution in [-0.2, 0) is 16.6 Å². The van der Waals surface area contributed by atoms with Crippen LogP contribution in [0.5, 0.6) is 5.75 Å². The number of sulfonamides is 1. The second kappa shape index (κ2) is 9.57. The molecule has 10 heteroatoms. The highest BCUT2D eigenvalue weighted by Gasteiger charge is 2.23. The zero-order valence-corrected chi connectivity index (χ0v) is 17.6. The summed E-state index contributed by atoms with van der Waals surface area (Å²) >= 11 is 0. The summed E-state index contributed by atoms with van der Waals surface area (Å²) in [6.07, 6.45) is 4.18. The van der Waals surface area contributed by atoms with Gasteiger partial charge in [0.05, 0.1) is 12.4 Å². The molecule has 30 heavy (non-hydrogen) atoms. The molecule has 2 N–H and O–H groups in total. The fourth-order valence-corrected chi connectivity index (χ4v) is 4.41. The van der Waals surface area contributed by atoms with Crippen LogP contribution in [0.4, 0.5) is 4.39 Å². The molecule has 1 aromatic heterocycles. The first-order valence-corrected chi connectivity index (χ1v) is 11.6. The van der Waals surface area contributed by atoms with Crippen molar-refractivity contribution in [1.82, 2.24) is 14.3 Å². The maximum absolute atomic E-state index is 14.0. The first kappa shape index (κ1) is 22.2. The van der Waals surface area contributed by atoms with Crippen LogP contribution in [-0.4, -0.2) is 30.3 Å². The van der Waals surface area contributed by atoms with Gasteiger partial charge >= 0.3 is 5.69 Å². The van der Waals surface area contributed by atoms with Crippen LogP contribution in [0.15, 0.2) is 40.1 Å². The Balaban J connectivity index is 1.61. The molecule has 1 aromatic carbocycles. The minimum absolute atomic E-state index is 0.134. The molecule has 0 spiro atoms. The van der Waals surface area contributed by atoms with Gasteiger partial charge in [0.1, 0.15) is 0 Å². The molecule has 0 unspecified atom stereocenters. The lowest BCUT2D eigenvalue weighted by Gasteiger charge is -2.19. The third-order valence-corrected chi connectivity index (χ3v) is 6.44. The van der Waals surface area contributed by atoms with Gasteiger partial charge in [-0.3, -0.25) is 9.78 Å². The monoisotopic (exact) mass is 439 g/mol. The quantitative estimate of drug-likeness (QED) is 0.556. The molecule has 1 aliphatic rings. The van der Waals surface area contributed by atoms with Crippen LogP contribution in [0.25, 0.3) is 0 Å². The first-order chi connectivity index (χ1) is 14.3. The number of hydrogen-bond donors (Lipinski definition) is 2. The molecule has 1 atom stereocenters. The number of aryl methyl sites for hydroxylation is 1. The second-order valence-corrected chi connectivity index (χ2v) is 9.37. The maximum Gasteiger partial charge on any atom is 0.328 e. The third kappa shape index (κ3) is 6.27. The van der Waals surface area contributed by atoms with E-state index < -0.39 is 33.1 Å². The van der Waals surface area contributed by atoms with Crippen molar-refractivity contribution in [2.75, 3.05) is 12.4 Å². The minimum Gasteiger partial charge on any atom is -0.490 e. The van der Waals surface area contributed by atoms with E-state index in [1.54, 1.807) is 12.1 Å². The average molecular weight is 440 g/mol. The molecule has 8 nitrogen and oxygen atoms in total. The van der Waals surface area contributed by atoms with Gasteiger partial charge < -0.3 is 9.30 Å². The zero-order chi connectivity index (χ0) is 21.7. The molecule has 0 saturated heterocycles. The van der Waals surface area contributed by atoms with Crippen molar-refractivity contribution in [3.05, 3.63) is 62.7 Å². The molecule has 1 heterocycles. The Morgan fingerprint density at radius 3 is 2.73 bits per heavy atom. The Kier molecular flexibility index (Phi) is 7.09. The topological polar surface area (TPSA) is 110 Å². The van der Waals surface area contributed by atoms with E-state index in [0.717, 1.165) is 12.8 Å². The van der Waals surface area contributed by atoms with Gasteiger partial charge in [-0.1, -0.05) is 13.0 Å². The molecule has 0 bridgehead atoms. The van der Waals surface area contributed by atoms with Crippen molar-refractivity contribution >= 4 is 10.0 Å². The molecule has 164 valence electrons. The summed E-state index contributed by atoms with van der Waals surface area (Å²) in [5, 5.41) is 0. The van der Waals surface area contributed by atoms with E-state index in [4.69, 9.17) is 4.74 Å². The van der Waals surface area contributed by atoms with Gasteiger partial charge in [0, 0.05) is 24.8 Å². The lowest BCUT2D eigenvalue weighted by atomic mass is 10.1. The summed E-state index contributed by atoms with van der Waals surface area (Å²) in [6.45, 7) is 2.46. The molecule has 1 fully saturated rings. The van der Waals surface area contributed by atoms with E-state index in [1.165, 1.54) is 22.9 Å². The number of nitrogens with one attached hydrogen (secondary N) is 2. The SMILES string of the molecule is CC[C@@H](NS(=O)(=O)CCCn1ccc(=O)[nH]c1=O)c1ccc(F)c(OCC2CC2)c1. The van der Waals surface area contributed by atoms with Crippen molar-refractivity contribution in [3.63, 3.8) is 0 Å². The summed E-state index contributed by atoms with van der Waals surface area (Å²) in [6, 6.07) is 5.08. The highest BCUT2D eigenvalue weighted by molar-refractivity contribution is 7.89.